The number of benzene rings is 1. The van der Waals surface area contributed by atoms with Gasteiger partial charge in [0.05, 0.1) is 0 Å². The van der Waals surface area contributed by atoms with Gasteiger partial charge in [-0.3, -0.25) is 0 Å². The standard InChI is InChI=1S/C17H28O2/c1-11(2)13-8-12(9-14(18)15(13)19)17(6,7)10-16(3,4)5/h8-9,11,18-19H,10H2,1-7H3. The van der Waals surface area contributed by atoms with Crippen LogP contribution in [0.25, 0.3) is 0 Å². The summed E-state index contributed by atoms with van der Waals surface area (Å²) in [5.41, 5.74) is 2.08. The highest BCUT2D eigenvalue weighted by Gasteiger charge is 2.29. The van der Waals surface area contributed by atoms with Crippen molar-refractivity contribution < 1.29 is 10.2 Å². The van der Waals surface area contributed by atoms with Gasteiger partial charge in [0.1, 0.15) is 0 Å². The summed E-state index contributed by atoms with van der Waals surface area (Å²) in [6.45, 7) is 15.1. The van der Waals surface area contributed by atoms with E-state index in [1.165, 1.54) is 0 Å². The van der Waals surface area contributed by atoms with Crippen LogP contribution in [0.3, 0.4) is 0 Å². The zero-order chi connectivity index (χ0) is 15.0. The third-order valence-electron chi connectivity index (χ3n) is 3.50. The van der Waals surface area contributed by atoms with Crippen molar-refractivity contribution in [2.45, 2.75) is 66.2 Å². The lowest BCUT2D eigenvalue weighted by Crippen LogP contribution is -2.25. The molecule has 0 amide bonds. The zero-order valence-corrected chi connectivity index (χ0v) is 13.3. The summed E-state index contributed by atoms with van der Waals surface area (Å²) < 4.78 is 0. The number of aromatic hydroxyl groups is 2. The maximum atomic E-state index is 9.94. The molecule has 1 rings (SSSR count). The van der Waals surface area contributed by atoms with Crippen LogP contribution in [0, 0.1) is 5.41 Å². The van der Waals surface area contributed by atoms with E-state index in [2.05, 4.69) is 34.6 Å². The van der Waals surface area contributed by atoms with E-state index < -0.39 is 0 Å². The van der Waals surface area contributed by atoms with Crippen LogP contribution in [0.5, 0.6) is 11.5 Å². The van der Waals surface area contributed by atoms with E-state index in [-0.39, 0.29) is 28.2 Å². The molecule has 2 N–H and O–H groups in total. The van der Waals surface area contributed by atoms with Gasteiger partial charge in [0.25, 0.3) is 0 Å². The van der Waals surface area contributed by atoms with Crippen LogP contribution in [0.2, 0.25) is 0 Å². The van der Waals surface area contributed by atoms with Crippen LogP contribution in [-0.2, 0) is 5.41 Å². The molecule has 19 heavy (non-hydrogen) atoms. The molecule has 2 heteroatoms. The summed E-state index contributed by atoms with van der Waals surface area (Å²) in [7, 11) is 0. The molecule has 0 fully saturated rings. The number of hydrogen-bond donors (Lipinski definition) is 2. The molecule has 0 unspecified atom stereocenters. The quantitative estimate of drug-likeness (QED) is 0.759. The van der Waals surface area contributed by atoms with Gasteiger partial charge >= 0.3 is 0 Å². The van der Waals surface area contributed by atoms with Gasteiger partial charge < -0.3 is 10.2 Å². The highest BCUT2D eigenvalue weighted by atomic mass is 16.3. The number of phenolic OH excluding ortho intramolecular Hbond substituents is 2. The third-order valence-corrected chi connectivity index (χ3v) is 3.50. The van der Waals surface area contributed by atoms with Crippen molar-refractivity contribution in [2.24, 2.45) is 5.41 Å². The monoisotopic (exact) mass is 264 g/mol. The molecule has 0 heterocycles. The van der Waals surface area contributed by atoms with Crippen molar-refractivity contribution in [3.63, 3.8) is 0 Å². The second kappa shape index (κ2) is 5.07. The van der Waals surface area contributed by atoms with Gasteiger partial charge in [0, 0.05) is 5.56 Å². The summed E-state index contributed by atoms with van der Waals surface area (Å²) in [4.78, 5) is 0. The topological polar surface area (TPSA) is 40.5 Å². The van der Waals surface area contributed by atoms with Crippen LogP contribution in [0.1, 0.15) is 71.9 Å². The van der Waals surface area contributed by atoms with E-state index in [9.17, 15) is 10.2 Å². The minimum Gasteiger partial charge on any atom is -0.504 e. The van der Waals surface area contributed by atoms with Crippen LogP contribution in [0.4, 0.5) is 0 Å². The van der Waals surface area contributed by atoms with Gasteiger partial charge in [-0.05, 0) is 34.8 Å². The molecule has 0 spiro atoms. The molecule has 1 aromatic rings. The molecule has 2 nitrogen and oxygen atoms in total. The van der Waals surface area contributed by atoms with Gasteiger partial charge in [-0.25, -0.2) is 0 Å². The molecular formula is C17H28O2. The van der Waals surface area contributed by atoms with Crippen LogP contribution < -0.4 is 0 Å². The second-order valence-electron chi connectivity index (χ2n) is 7.71. The van der Waals surface area contributed by atoms with Crippen molar-refractivity contribution in [2.75, 3.05) is 0 Å². The second-order valence-corrected chi connectivity index (χ2v) is 7.71. The first-order valence-corrected chi connectivity index (χ1v) is 7.00. The fourth-order valence-electron chi connectivity index (χ4n) is 2.90. The molecule has 0 radical (unpaired) electrons. The molecule has 108 valence electrons. The van der Waals surface area contributed by atoms with Crippen molar-refractivity contribution >= 4 is 0 Å². The smallest absolute Gasteiger partial charge is 0.160 e. The Morgan fingerprint density at radius 2 is 1.53 bits per heavy atom. The normalized spacial score (nSPS) is 13.1. The fourth-order valence-corrected chi connectivity index (χ4v) is 2.90. The highest BCUT2D eigenvalue weighted by Crippen LogP contribution is 2.42. The number of phenols is 2. The van der Waals surface area contributed by atoms with Crippen LogP contribution >= 0.6 is 0 Å². The predicted octanol–water partition coefficient (Wildman–Crippen LogP) is 4.94. The summed E-state index contributed by atoms with van der Waals surface area (Å²) in [6.07, 6.45) is 1.02. The lowest BCUT2D eigenvalue weighted by Gasteiger charge is -2.33. The number of rotatable bonds is 3. The van der Waals surface area contributed by atoms with E-state index in [1.54, 1.807) is 6.07 Å². The van der Waals surface area contributed by atoms with Crippen molar-refractivity contribution in [3.8, 4) is 11.5 Å². The molecule has 0 aliphatic rings. The zero-order valence-electron chi connectivity index (χ0n) is 13.3. The van der Waals surface area contributed by atoms with Crippen molar-refractivity contribution in [3.05, 3.63) is 23.3 Å². The van der Waals surface area contributed by atoms with Crippen LogP contribution in [-0.4, -0.2) is 10.2 Å². The third kappa shape index (κ3) is 3.89. The Bertz CT molecular complexity index is 451. The molecule has 0 atom stereocenters. The van der Waals surface area contributed by atoms with E-state index in [1.807, 2.05) is 19.9 Å². The minimum absolute atomic E-state index is 0.0109. The van der Waals surface area contributed by atoms with E-state index in [0.717, 1.165) is 17.5 Å². The Balaban J connectivity index is 3.28. The molecule has 0 saturated heterocycles. The van der Waals surface area contributed by atoms with Gasteiger partial charge in [-0.2, -0.15) is 0 Å². The number of hydrogen-bond acceptors (Lipinski definition) is 2. The summed E-state index contributed by atoms with van der Waals surface area (Å²) in [5.74, 6) is 0.199. The maximum Gasteiger partial charge on any atom is 0.160 e. The molecule has 1 aromatic carbocycles. The Morgan fingerprint density at radius 3 is 1.95 bits per heavy atom. The first-order valence-electron chi connectivity index (χ1n) is 7.00. The average molecular weight is 264 g/mol. The van der Waals surface area contributed by atoms with Gasteiger partial charge in [0.2, 0.25) is 0 Å². The predicted molar refractivity (Wildman–Crippen MR) is 81.0 cm³/mol. The molecule has 0 aliphatic carbocycles. The molecule has 0 bridgehead atoms. The van der Waals surface area contributed by atoms with Crippen molar-refractivity contribution in [1.29, 1.82) is 0 Å². The molecule has 0 aromatic heterocycles. The Morgan fingerprint density at radius 1 is 1.00 bits per heavy atom. The molecule has 0 aliphatic heterocycles. The largest absolute Gasteiger partial charge is 0.504 e. The first-order chi connectivity index (χ1) is 8.44. The first kappa shape index (κ1) is 15.9. The summed E-state index contributed by atoms with van der Waals surface area (Å²) in [6, 6.07) is 3.73. The highest BCUT2D eigenvalue weighted by molar-refractivity contribution is 5.50. The van der Waals surface area contributed by atoms with Gasteiger partial charge in [-0.1, -0.05) is 54.5 Å². The van der Waals surface area contributed by atoms with Gasteiger partial charge in [0.15, 0.2) is 11.5 Å². The maximum absolute atomic E-state index is 9.94. The van der Waals surface area contributed by atoms with E-state index >= 15 is 0 Å². The van der Waals surface area contributed by atoms with Gasteiger partial charge in [-0.15, -0.1) is 0 Å². The average Bonchev–Trinajstić information content (AvgIpc) is 2.17. The van der Waals surface area contributed by atoms with E-state index in [0.29, 0.717) is 0 Å². The molecule has 0 saturated carbocycles. The minimum atomic E-state index is -0.0347. The lowest BCUT2D eigenvalue weighted by atomic mass is 9.71. The Hall–Kier alpha value is -1.18. The van der Waals surface area contributed by atoms with E-state index in [4.69, 9.17) is 0 Å². The van der Waals surface area contributed by atoms with Crippen LogP contribution in [0.15, 0.2) is 12.1 Å². The Kier molecular flexibility index (Phi) is 4.23. The summed E-state index contributed by atoms with van der Waals surface area (Å²) >= 11 is 0. The molecular weight excluding hydrogens is 236 g/mol. The lowest BCUT2D eigenvalue weighted by molar-refractivity contribution is 0.283. The SMILES string of the molecule is CC(C)c1cc(C(C)(C)CC(C)(C)C)cc(O)c1O. The summed E-state index contributed by atoms with van der Waals surface area (Å²) in [5, 5.41) is 19.9. The van der Waals surface area contributed by atoms with Crippen molar-refractivity contribution in [1.82, 2.24) is 0 Å². The Labute approximate surface area is 117 Å². The fraction of sp³-hybridized carbons (Fsp3) is 0.647.